The monoisotopic (exact) mass is 275 g/mol. The number of para-hydroxylation sites is 1. The van der Waals surface area contributed by atoms with E-state index in [1.165, 1.54) is 37.7 Å². The number of aromatic carboxylic acids is 1. The normalized spacial score (nSPS) is 9.05. The van der Waals surface area contributed by atoms with Crippen molar-refractivity contribution in [1.29, 1.82) is 0 Å². The lowest BCUT2D eigenvalue weighted by Crippen LogP contribution is -2.00. The van der Waals surface area contributed by atoms with Gasteiger partial charge in [-0.3, -0.25) is 4.98 Å². The number of ether oxygens (including phenoxy) is 1. The van der Waals surface area contributed by atoms with E-state index in [9.17, 15) is 9.59 Å². The van der Waals surface area contributed by atoms with Crippen LogP contribution in [0.25, 0.3) is 0 Å². The predicted molar refractivity (Wildman–Crippen MR) is 70.6 cm³/mol. The summed E-state index contributed by atoms with van der Waals surface area (Å²) in [5.41, 5.74) is 0.410. The second kappa shape index (κ2) is 7.52. The Balaban J connectivity index is 0.000000204. The van der Waals surface area contributed by atoms with Crippen molar-refractivity contribution in [3.63, 3.8) is 0 Å². The van der Waals surface area contributed by atoms with Crippen LogP contribution < -0.4 is 0 Å². The van der Waals surface area contributed by atoms with Crippen molar-refractivity contribution in [2.45, 2.75) is 0 Å². The smallest absolute Gasteiger partial charge is 0.341 e. The zero-order chi connectivity index (χ0) is 15.0. The zero-order valence-corrected chi connectivity index (χ0v) is 10.7. The zero-order valence-electron chi connectivity index (χ0n) is 10.7. The number of hydrogen-bond donors (Lipinski definition) is 2. The molecule has 0 fully saturated rings. The molecule has 0 aliphatic heterocycles. The van der Waals surface area contributed by atoms with Gasteiger partial charge in [0.05, 0.1) is 12.7 Å². The summed E-state index contributed by atoms with van der Waals surface area (Å²) in [5.74, 6) is -1.52. The number of esters is 1. The van der Waals surface area contributed by atoms with Crippen LogP contribution >= 0.6 is 0 Å². The first-order valence-electron chi connectivity index (χ1n) is 5.56. The molecular weight excluding hydrogens is 262 g/mol. The molecule has 0 radical (unpaired) electrons. The molecule has 6 heteroatoms. The molecule has 0 unspecified atom stereocenters. The molecule has 0 saturated heterocycles. The first-order valence-corrected chi connectivity index (χ1v) is 5.56. The highest BCUT2D eigenvalue weighted by Gasteiger charge is 2.08. The molecule has 0 aliphatic carbocycles. The molecule has 2 N–H and O–H groups in total. The fraction of sp³-hybridized carbons (Fsp3) is 0.0714. The molecule has 1 aromatic carbocycles. The number of aromatic hydroxyl groups is 1. The van der Waals surface area contributed by atoms with Crippen molar-refractivity contribution in [3.05, 3.63) is 59.9 Å². The fourth-order valence-electron chi connectivity index (χ4n) is 1.25. The van der Waals surface area contributed by atoms with Crippen molar-refractivity contribution in [1.82, 2.24) is 4.98 Å². The number of benzene rings is 1. The number of aromatic nitrogens is 1. The van der Waals surface area contributed by atoms with Gasteiger partial charge in [-0.25, -0.2) is 9.59 Å². The van der Waals surface area contributed by atoms with Crippen LogP contribution in [0.15, 0.2) is 48.8 Å². The first-order chi connectivity index (χ1) is 9.56. The highest BCUT2D eigenvalue weighted by Crippen LogP contribution is 2.15. The number of carboxylic acid groups (broad SMARTS) is 1. The molecule has 104 valence electrons. The lowest BCUT2D eigenvalue weighted by atomic mass is 10.2. The minimum atomic E-state index is -0.942. The topological polar surface area (TPSA) is 96.7 Å². The van der Waals surface area contributed by atoms with Crippen molar-refractivity contribution in [2.24, 2.45) is 0 Å². The van der Waals surface area contributed by atoms with E-state index in [2.05, 4.69) is 9.72 Å². The highest BCUT2D eigenvalue weighted by atomic mass is 16.5. The van der Waals surface area contributed by atoms with Gasteiger partial charge in [0, 0.05) is 12.4 Å². The summed E-state index contributed by atoms with van der Waals surface area (Å²) in [6, 6.07) is 9.32. The number of hydrogen-bond acceptors (Lipinski definition) is 5. The number of pyridine rings is 1. The summed E-state index contributed by atoms with van der Waals surface area (Å²) in [4.78, 5) is 24.6. The molecule has 2 aromatic rings. The van der Waals surface area contributed by atoms with Gasteiger partial charge in [-0.2, -0.15) is 0 Å². The molecular formula is C14H13NO5. The van der Waals surface area contributed by atoms with Gasteiger partial charge in [0.15, 0.2) is 0 Å². The molecule has 0 amide bonds. The third-order valence-electron chi connectivity index (χ3n) is 2.22. The van der Waals surface area contributed by atoms with Crippen LogP contribution in [0.4, 0.5) is 0 Å². The van der Waals surface area contributed by atoms with Crippen molar-refractivity contribution in [3.8, 4) is 5.75 Å². The average Bonchev–Trinajstić information content (AvgIpc) is 2.48. The Labute approximate surface area is 115 Å². The van der Waals surface area contributed by atoms with Crippen LogP contribution in [-0.2, 0) is 4.74 Å². The Hall–Kier alpha value is -2.89. The second-order valence-electron chi connectivity index (χ2n) is 3.56. The van der Waals surface area contributed by atoms with Gasteiger partial charge in [-0.05, 0) is 24.3 Å². The lowest BCUT2D eigenvalue weighted by molar-refractivity contribution is 0.0596. The Morgan fingerprint density at radius 1 is 1.15 bits per heavy atom. The largest absolute Gasteiger partial charge is 0.507 e. The number of rotatable bonds is 2. The van der Waals surface area contributed by atoms with Crippen LogP contribution in [0.2, 0.25) is 0 Å². The summed E-state index contributed by atoms with van der Waals surface area (Å²) in [7, 11) is 1.27. The van der Waals surface area contributed by atoms with Gasteiger partial charge in [-0.15, -0.1) is 0 Å². The summed E-state index contributed by atoms with van der Waals surface area (Å²) in [6.45, 7) is 0. The summed E-state index contributed by atoms with van der Waals surface area (Å²) in [6.07, 6.45) is 2.84. The van der Waals surface area contributed by atoms with Crippen LogP contribution in [0, 0.1) is 0 Å². The van der Waals surface area contributed by atoms with Gasteiger partial charge in [0.2, 0.25) is 0 Å². The maximum Gasteiger partial charge on any atom is 0.341 e. The number of carbonyl (C=O) groups excluding carboxylic acids is 1. The van der Waals surface area contributed by atoms with Gasteiger partial charge < -0.3 is 14.9 Å². The minimum absolute atomic E-state index is 0.0562. The number of carboxylic acids is 1. The molecule has 0 saturated carbocycles. The molecule has 0 atom stereocenters. The maximum atomic E-state index is 10.9. The van der Waals surface area contributed by atoms with E-state index < -0.39 is 11.9 Å². The lowest BCUT2D eigenvalue weighted by Gasteiger charge is -1.99. The van der Waals surface area contributed by atoms with Gasteiger partial charge in [-0.1, -0.05) is 12.1 Å². The van der Waals surface area contributed by atoms with Crippen molar-refractivity contribution in [2.75, 3.05) is 7.11 Å². The molecule has 0 spiro atoms. The SMILES string of the molecule is COC(=O)c1ccccc1O.O=C(O)c1cccnc1. The predicted octanol–water partition coefficient (Wildman–Crippen LogP) is 1.96. The standard InChI is InChI=1S/C8H8O3.C6H5NO2/c1-11-8(10)6-4-2-3-5-7(6)9;8-6(9)5-2-1-3-7-4-5/h2-5,9H,1H3;1-4H,(H,8,9). The van der Waals surface area contributed by atoms with E-state index in [4.69, 9.17) is 10.2 Å². The maximum absolute atomic E-state index is 10.9. The minimum Gasteiger partial charge on any atom is -0.507 e. The number of carbonyl (C=O) groups is 2. The van der Waals surface area contributed by atoms with Crippen LogP contribution in [0.3, 0.4) is 0 Å². The van der Waals surface area contributed by atoms with Gasteiger partial charge >= 0.3 is 11.9 Å². The summed E-state index contributed by atoms with van der Waals surface area (Å²) >= 11 is 0. The van der Waals surface area contributed by atoms with E-state index in [1.54, 1.807) is 18.2 Å². The molecule has 0 aliphatic rings. The average molecular weight is 275 g/mol. The van der Waals surface area contributed by atoms with Crippen LogP contribution in [0.5, 0.6) is 5.75 Å². The molecule has 6 nitrogen and oxygen atoms in total. The number of methoxy groups -OCH3 is 1. The van der Waals surface area contributed by atoms with E-state index in [0.29, 0.717) is 0 Å². The number of phenols is 1. The Morgan fingerprint density at radius 2 is 1.85 bits per heavy atom. The third-order valence-corrected chi connectivity index (χ3v) is 2.22. The number of nitrogens with zero attached hydrogens (tertiary/aromatic N) is 1. The van der Waals surface area contributed by atoms with Gasteiger partial charge in [0.25, 0.3) is 0 Å². The fourth-order valence-corrected chi connectivity index (χ4v) is 1.25. The van der Waals surface area contributed by atoms with E-state index in [0.717, 1.165) is 0 Å². The first kappa shape index (κ1) is 15.2. The highest BCUT2D eigenvalue weighted by molar-refractivity contribution is 5.92. The summed E-state index contributed by atoms with van der Waals surface area (Å²) in [5, 5.41) is 17.5. The Morgan fingerprint density at radius 3 is 2.30 bits per heavy atom. The van der Waals surface area contributed by atoms with Crippen molar-refractivity contribution < 1.29 is 24.5 Å². The van der Waals surface area contributed by atoms with Crippen molar-refractivity contribution >= 4 is 11.9 Å². The van der Waals surface area contributed by atoms with Crippen LogP contribution in [0.1, 0.15) is 20.7 Å². The molecule has 0 bridgehead atoms. The quantitative estimate of drug-likeness (QED) is 0.813. The second-order valence-corrected chi connectivity index (χ2v) is 3.56. The molecule has 1 aromatic heterocycles. The van der Waals surface area contributed by atoms with E-state index in [-0.39, 0.29) is 16.9 Å². The third kappa shape index (κ3) is 4.41. The Bertz CT molecular complexity index is 583. The van der Waals surface area contributed by atoms with Gasteiger partial charge in [0.1, 0.15) is 11.3 Å². The molecule has 20 heavy (non-hydrogen) atoms. The van der Waals surface area contributed by atoms with Crippen LogP contribution in [-0.4, -0.2) is 34.2 Å². The number of phenolic OH excluding ortho intramolecular Hbond substituents is 1. The van der Waals surface area contributed by atoms with E-state index >= 15 is 0 Å². The Kier molecular flexibility index (Phi) is 5.71. The summed E-state index contributed by atoms with van der Waals surface area (Å²) < 4.78 is 4.42. The molecule has 1 heterocycles. The molecule has 2 rings (SSSR count). The van der Waals surface area contributed by atoms with E-state index in [1.807, 2.05) is 0 Å².